The number of rotatable bonds is 5. The van der Waals surface area contributed by atoms with Crippen molar-refractivity contribution in [3.8, 4) is 0 Å². The lowest BCUT2D eigenvalue weighted by atomic mass is 10.1. The number of halogens is 1. The van der Waals surface area contributed by atoms with Crippen LogP contribution in [0.2, 0.25) is 5.02 Å². The van der Waals surface area contributed by atoms with Crippen LogP contribution in [0.5, 0.6) is 0 Å². The van der Waals surface area contributed by atoms with Crippen LogP contribution in [0.25, 0.3) is 0 Å². The Morgan fingerprint density at radius 3 is 2.52 bits per heavy atom. The minimum atomic E-state index is -0.469. The topological polar surface area (TPSA) is 75.4 Å². The van der Waals surface area contributed by atoms with Gasteiger partial charge >= 0.3 is 0 Å². The molecule has 0 amide bonds. The lowest BCUT2D eigenvalue weighted by molar-refractivity contribution is -0.384. The van der Waals surface area contributed by atoms with Crippen molar-refractivity contribution in [3.05, 3.63) is 68.2 Å². The number of hydrogen-bond donors (Lipinski definition) is 2. The van der Waals surface area contributed by atoms with Gasteiger partial charge in [0.25, 0.3) is 5.69 Å². The Morgan fingerprint density at radius 2 is 1.95 bits per heavy atom. The molecule has 0 aliphatic rings. The van der Waals surface area contributed by atoms with E-state index >= 15 is 0 Å². The smallest absolute Gasteiger partial charge is 0.271 e. The SMILES string of the molecule is Cc1cc([N+](=O)[O-])cc(Cl)c1NCc1ccccc1CO. The summed E-state index contributed by atoms with van der Waals surface area (Å²) in [6, 6.07) is 10.3. The Labute approximate surface area is 127 Å². The molecule has 0 aliphatic heterocycles. The zero-order valence-corrected chi connectivity index (χ0v) is 12.2. The van der Waals surface area contributed by atoms with E-state index in [-0.39, 0.29) is 12.3 Å². The fourth-order valence-electron chi connectivity index (χ4n) is 2.12. The summed E-state index contributed by atoms with van der Waals surface area (Å²) in [5.41, 5.74) is 3.12. The van der Waals surface area contributed by atoms with Gasteiger partial charge in [-0.25, -0.2) is 0 Å². The fraction of sp³-hybridized carbons (Fsp3) is 0.200. The number of nitro groups is 1. The lowest BCUT2D eigenvalue weighted by Gasteiger charge is -2.13. The Balaban J connectivity index is 2.22. The Bertz CT molecular complexity index is 651. The largest absolute Gasteiger partial charge is 0.392 e. The third kappa shape index (κ3) is 3.51. The van der Waals surface area contributed by atoms with Gasteiger partial charge in [-0.3, -0.25) is 10.1 Å². The van der Waals surface area contributed by atoms with Crippen LogP contribution >= 0.6 is 11.6 Å². The molecule has 0 unspecified atom stereocenters. The molecule has 2 aromatic rings. The molecule has 0 saturated heterocycles. The van der Waals surface area contributed by atoms with Gasteiger partial charge in [0.2, 0.25) is 0 Å². The third-order valence-electron chi connectivity index (χ3n) is 3.23. The van der Waals surface area contributed by atoms with Gasteiger partial charge in [0.05, 0.1) is 22.2 Å². The first-order chi connectivity index (χ1) is 10.0. The molecule has 110 valence electrons. The molecule has 0 radical (unpaired) electrons. The summed E-state index contributed by atoms with van der Waals surface area (Å²) in [6.45, 7) is 2.21. The number of non-ortho nitro benzene ring substituents is 1. The van der Waals surface area contributed by atoms with Crippen molar-refractivity contribution in [2.45, 2.75) is 20.1 Å². The number of nitro benzene ring substituents is 1. The summed E-state index contributed by atoms with van der Waals surface area (Å²) in [5.74, 6) is 0. The second-order valence-corrected chi connectivity index (χ2v) is 5.06. The van der Waals surface area contributed by atoms with Crippen LogP contribution in [-0.4, -0.2) is 10.0 Å². The maximum absolute atomic E-state index is 10.8. The summed E-state index contributed by atoms with van der Waals surface area (Å²) in [7, 11) is 0. The molecule has 2 N–H and O–H groups in total. The average Bonchev–Trinajstić information content (AvgIpc) is 2.46. The highest BCUT2D eigenvalue weighted by Gasteiger charge is 2.13. The molecular weight excluding hydrogens is 292 g/mol. The first-order valence-corrected chi connectivity index (χ1v) is 6.76. The van der Waals surface area contributed by atoms with E-state index < -0.39 is 4.92 Å². The van der Waals surface area contributed by atoms with Gasteiger partial charge in [0.1, 0.15) is 0 Å². The number of benzene rings is 2. The molecule has 0 heterocycles. The van der Waals surface area contributed by atoms with Crippen LogP contribution in [-0.2, 0) is 13.2 Å². The second kappa shape index (κ2) is 6.56. The number of aryl methyl sites for hydroxylation is 1. The van der Waals surface area contributed by atoms with Crippen molar-refractivity contribution in [1.82, 2.24) is 0 Å². The predicted octanol–water partition coefficient (Wildman–Crippen LogP) is 3.66. The standard InChI is InChI=1S/C15H15ClN2O3/c1-10-6-13(18(20)21)7-14(16)15(10)17-8-11-4-2-3-5-12(11)9-19/h2-7,17,19H,8-9H2,1H3. The first kappa shape index (κ1) is 15.3. The van der Waals surface area contributed by atoms with Gasteiger partial charge in [-0.1, -0.05) is 35.9 Å². The summed E-state index contributed by atoms with van der Waals surface area (Å²) in [5, 5.41) is 23.6. The van der Waals surface area contributed by atoms with Crippen molar-refractivity contribution in [3.63, 3.8) is 0 Å². The third-order valence-corrected chi connectivity index (χ3v) is 3.53. The van der Waals surface area contributed by atoms with Gasteiger partial charge < -0.3 is 10.4 Å². The highest BCUT2D eigenvalue weighted by molar-refractivity contribution is 6.33. The van der Waals surface area contributed by atoms with Gasteiger partial charge in [-0.2, -0.15) is 0 Å². The highest BCUT2D eigenvalue weighted by atomic mass is 35.5. The number of hydrogen-bond acceptors (Lipinski definition) is 4. The van der Waals surface area contributed by atoms with Crippen LogP contribution < -0.4 is 5.32 Å². The summed E-state index contributed by atoms with van der Waals surface area (Å²) in [4.78, 5) is 10.3. The number of nitrogens with one attached hydrogen (secondary N) is 1. The van der Waals surface area contributed by atoms with Crippen LogP contribution in [0.3, 0.4) is 0 Å². The molecule has 2 rings (SSSR count). The maximum Gasteiger partial charge on any atom is 0.271 e. The Hall–Kier alpha value is -2.11. The van der Waals surface area contributed by atoms with Gasteiger partial charge in [0.15, 0.2) is 0 Å². The van der Waals surface area contributed by atoms with E-state index in [4.69, 9.17) is 11.6 Å². The molecular formula is C15H15ClN2O3. The molecule has 5 nitrogen and oxygen atoms in total. The summed E-state index contributed by atoms with van der Waals surface area (Å²) < 4.78 is 0. The minimum Gasteiger partial charge on any atom is -0.392 e. The van der Waals surface area contributed by atoms with E-state index in [9.17, 15) is 15.2 Å². The number of aliphatic hydroxyl groups excluding tert-OH is 1. The quantitative estimate of drug-likeness (QED) is 0.653. The summed E-state index contributed by atoms with van der Waals surface area (Å²) in [6.07, 6.45) is 0. The van der Waals surface area contributed by atoms with E-state index in [1.54, 1.807) is 6.92 Å². The number of anilines is 1. The van der Waals surface area contributed by atoms with Crippen LogP contribution in [0, 0.1) is 17.0 Å². The highest BCUT2D eigenvalue weighted by Crippen LogP contribution is 2.31. The molecule has 0 spiro atoms. The van der Waals surface area contributed by atoms with E-state index in [0.717, 1.165) is 11.1 Å². The van der Waals surface area contributed by atoms with Crippen LogP contribution in [0.4, 0.5) is 11.4 Å². The van der Waals surface area contributed by atoms with Crippen molar-refractivity contribution >= 4 is 23.0 Å². The lowest BCUT2D eigenvalue weighted by Crippen LogP contribution is -2.05. The zero-order valence-electron chi connectivity index (χ0n) is 11.5. The molecule has 2 aromatic carbocycles. The zero-order chi connectivity index (χ0) is 15.4. The fourth-order valence-corrected chi connectivity index (χ4v) is 2.45. The van der Waals surface area contributed by atoms with Gasteiger partial charge in [-0.15, -0.1) is 0 Å². The van der Waals surface area contributed by atoms with E-state index in [0.29, 0.717) is 22.8 Å². The Morgan fingerprint density at radius 1 is 1.29 bits per heavy atom. The Kier molecular flexibility index (Phi) is 4.77. The van der Waals surface area contributed by atoms with Gasteiger partial charge in [-0.05, 0) is 23.6 Å². The molecule has 0 bridgehead atoms. The van der Waals surface area contributed by atoms with E-state index in [1.165, 1.54) is 12.1 Å². The number of aliphatic hydroxyl groups is 1. The molecule has 6 heteroatoms. The van der Waals surface area contributed by atoms with E-state index in [1.807, 2.05) is 24.3 Å². The van der Waals surface area contributed by atoms with Crippen molar-refractivity contribution in [1.29, 1.82) is 0 Å². The monoisotopic (exact) mass is 306 g/mol. The van der Waals surface area contributed by atoms with Gasteiger partial charge in [0, 0.05) is 18.7 Å². The molecule has 0 saturated carbocycles. The minimum absolute atomic E-state index is 0.0289. The van der Waals surface area contributed by atoms with Crippen molar-refractivity contribution in [2.75, 3.05) is 5.32 Å². The van der Waals surface area contributed by atoms with Crippen molar-refractivity contribution < 1.29 is 10.0 Å². The maximum atomic E-state index is 10.8. The van der Waals surface area contributed by atoms with E-state index in [2.05, 4.69) is 5.32 Å². The molecule has 0 fully saturated rings. The molecule has 0 aliphatic carbocycles. The summed E-state index contributed by atoms with van der Waals surface area (Å²) >= 11 is 6.10. The van der Waals surface area contributed by atoms with Crippen molar-refractivity contribution in [2.24, 2.45) is 0 Å². The average molecular weight is 307 g/mol. The first-order valence-electron chi connectivity index (χ1n) is 6.39. The number of nitrogens with zero attached hydrogens (tertiary/aromatic N) is 1. The molecule has 0 aromatic heterocycles. The molecule has 21 heavy (non-hydrogen) atoms. The van der Waals surface area contributed by atoms with Crippen LogP contribution in [0.15, 0.2) is 36.4 Å². The normalized spacial score (nSPS) is 10.4. The second-order valence-electron chi connectivity index (χ2n) is 4.66. The van der Waals surface area contributed by atoms with Crippen LogP contribution in [0.1, 0.15) is 16.7 Å². The predicted molar refractivity (Wildman–Crippen MR) is 82.5 cm³/mol. The molecule has 0 atom stereocenters.